The van der Waals surface area contributed by atoms with Gasteiger partial charge in [0.2, 0.25) is 0 Å². The third kappa shape index (κ3) is 2.62. The van der Waals surface area contributed by atoms with Gasteiger partial charge in [0.1, 0.15) is 0 Å². The van der Waals surface area contributed by atoms with Gasteiger partial charge in [-0.1, -0.05) is 0 Å². The lowest BCUT2D eigenvalue weighted by atomic mass is 9.76. The van der Waals surface area contributed by atoms with Crippen molar-refractivity contribution in [3.05, 3.63) is 22.4 Å². The molecule has 1 aliphatic heterocycles. The molecule has 2 heterocycles. The fourth-order valence-electron chi connectivity index (χ4n) is 3.54. The molecule has 0 bridgehead atoms. The van der Waals surface area contributed by atoms with E-state index in [1.165, 1.54) is 11.3 Å². The van der Waals surface area contributed by atoms with Gasteiger partial charge in [0, 0.05) is 42.0 Å². The van der Waals surface area contributed by atoms with E-state index in [0.29, 0.717) is 12.1 Å². The number of hydrogen-bond donors (Lipinski definition) is 2. The minimum absolute atomic E-state index is 0.0358. The van der Waals surface area contributed by atoms with Gasteiger partial charge in [-0.2, -0.15) is 11.3 Å². The average Bonchev–Trinajstić information content (AvgIpc) is 3.09. The van der Waals surface area contributed by atoms with Crippen molar-refractivity contribution in [1.29, 1.82) is 0 Å². The van der Waals surface area contributed by atoms with Gasteiger partial charge in [0.25, 0.3) is 5.91 Å². The van der Waals surface area contributed by atoms with Crippen molar-refractivity contribution in [2.45, 2.75) is 31.8 Å². The predicted molar refractivity (Wildman–Crippen MR) is 77.9 cm³/mol. The monoisotopic (exact) mass is 295 g/mol. The molecule has 20 heavy (non-hydrogen) atoms. The van der Waals surface area contributed by atoms with Crippen LogP contribution in [0.3, 0.4) is 0 Å². The highest BCUT2D eigenvalue weighted by molar-refractivity contribution is 7.08. The lowest BCUT2D eigenvalue weighted by Crippen LogP contribution is -2.41. The summed E-state index contributed by atoms with van der Waals surface area (Å²) in [6, 6.07) is 1.82. The highest BCUT2D eigenvalue weighted by atomic mass is 32.1. The topological polar surface area (TPSA) is 58.6 Å². The van der Waals surface area contributed by atoms with Crippen LogP contribution in [0.25, 0.3) is 0 Å². The van der Waals surface area contributed by atoms with E-state index in [2.05, 4.69) is 5.32 Å². The molecule has 1 amide bonds. The molecule has 2 atom stereocenters. The molecule has 3 rings (SSSR count). The van der Waals surface area contributed by atoms with E-state index in [1.807, 2.05) is 16.8 Å². The van der Waals surface area contributed by atoms with Crippen LogP contribution in [0.2, 0.25) is 0 Å². The number of hydrogen-bond acceptors (Lipinski definition) is 4. The number of carbonyl (C=O) groups excluding carboxylic acids is 1. The van der Waals surface area contributed by atoms with Crippen LogP contribution in [0.4, 0.5) is 0 Å². The number of aliphatic hydroxyl groups is 1. The van der Waals surface area contributed by atoms with Gasteiger partial charge in [-0.05, 0) is 37.1 Å². The Morgan fingerprint density at radius 3 is 2.95 bits per heavy atom. The normalized spacial score (nSPS) is 28.6. The Kier molecular flexibility index (Phi) is 4.10. The zero-order valence-electron chi connectivity index (χ0n) is 11.5. The summed E-state index contributed by atoms with van der Waals surface area (Å²) >= 11 is 1.52. The van der Waals surface area contributed by atoms with Gasteiger partial charge in [0.05, 0.1) is 6.10 Å². The Morgan fingerprint density at radius 1 is 1.45 bits per heavy atom. The Bertz CT molecular complexity index is 454. The largest absolute Gasteiger partial charge is 0.392 e. The molecule has 1 saturated heterocycles. The average molecular weight is 295 g/mol. The minimum atomic E-state index is -0.311. The molecule has 2 N–H and O–H groups in total. The fourth-order valence-corrected chi connectivity index (χ4v) is 4.17. The molecular formula is C15H21NO3S. The summed E-state index contributed by atoms with van der Waals surface area (Å²) in [6.45, 7) is 2.08. The number of nitrogens with one attached hydrogen (secondary N) is 1. The smallest absolute Gasteiger partial charge is 0.252 e. The molecule has 2 fully saturated rings. The van der Waals surface area contributed by atoms with Gasteiger partial charge >= 0.3 is 0 Å². The first-order valence-electron chi connectivity index (χ1n) is 7.27. The van der Waals surface area contributed by atoms with Gasteiger partial charge in [-0.15, -0.1) is 0 Å². The summed E-state index contributed by atoms with van der Waals surface area (Å²) < 4.78 is 5.41. The molecule has 1 spiro atoms. The second-order valence-electron chi connectivity index (χ2n) is 5.94. The molecule has 110 valence electrons. The zero-order chi connectivity index (χ0) is 14.0. The molecule has 1 aromatic heterocycles. The maximum atomic E-state index is 11.9. The number of thiophene rings is 1. The highest BCUT2D eigenvalue weighted by Gasteiger charge is 2.48. The molecule has 2 aliphatic rings. The molecule has 5 heteroatoms. The van der Waals surface area contributed by atoms with Crippen LogP contribution < -0.4 is 5.32 Å². The second kappa shape index (κ2) is 5.84. The van der Waals surface area contributed by atoms with Crippen LogP contribution in [0, 0.1) is 11.3 Å². The van der Waals surface area contributed by atoms with Gasteiger partial charge < -0.3 is 15.2 Å². The highest BCUT2D eigenvalue weighted by Crippen LogP contribution is 2.48. The Morgan fingerprint density at radius 2 is 2.25 bits per heavy atom. The summed E-state index contributed by atoms with van der Waals surface area (Å²) in [5.41, 5.74) is 0.749. The maximum absolute atomic E-state index is 11.9. The van der Waals surface area contributed by atoms with Crippen LogP contribution >= 0.6 is 11.3 Å². The van der Waals surface area contributed by atoms with Crippen LogP contribution in [-0.2, 0) is 4.74 Å². The molecule has 1 aromatic rings. The third-order valence-corrected chi connectivity index (χ3v) is 5.57. The van der Waals surface area contributed by atoms with E-state index in [9.17, 15) is 9.90 Å². The standard InChI is InChI=1S/C15H21NO3S/c17-13-11(1-3-15(13)4-6-19-7-5-15)9-16-14(18)12-2-8-20-10-12/h2,8,10-11,13,17H,1,3-7,9H2,(H,16,18)/t11-,13+/m1/s1. The van der Waals surface area contributed by atoms with Crippen LogP contribution in [0.1, 0.15) is 36.0 Å². The molecular weight excluding hydrogens is 274 g/mol. The molecule has 4 nitrogen and oxygen atoms in total. The Balaban J connectivity index is 1.55. The van der Waals surface area contributed by atoms with Crippen molar-refractivity contribution in [1.82, 2.24) is 5.32 Å². The van der Waals surface area contributed by atoms with Crippen LogP contribution in [0.5, 0.6) is 0 Å². The molecule has 1 aliphatic carbocycles. The summed E-state index contributed by atoms with van der Waals surface area (Å²) in [4.78, 5) is 11.9. The Hall–Kier alpha value is -0.910. The Labute approximate surface area is 123 Å². The molecule has 1 saturated carbocycles. The van der Waals surface area contributed by atoms with Crippen molar-refractivity contribution in [3.63, 3.8) is 0 Å². The van der Waals surface area contributed by atoms with E-state index in [1.54, 1.807) is 0 Å². The van der Waals surface area contributed by atoms with Crippen LogP contribution in [0.15, 0.2) is 16.8 Å². The maximum Gasteiger partial charge on any atom is 0.252 e. The lowest BCUT2D eigenvalue weighted by Gasteiger charge is -2.37. The van der Waals surface area contributed by atoms with Crippen LogP contribution in [-0.4, -0.2) is 36.9 Å². The van der Waals surface area contributed by atoms with Gasteiger partial charge in [-0.25, -0.2) is 0 Å². The zero-order valence-corrected chi connectivity index (χ0v) is 12.3. The second-order valence-corrected chi connectivity index (χ2v) is 6.72. The third-order valence-electron chi connectivity index (χ3n) is 4.88. The molecule has 0 unspecified atom stereocenters. The van der Waals surface area contributed by atoms with Crippen molar-refractivity contribution < 1.29 is 14.6 Å². The summed E-state index contributed by atoms with van der Waals surface area (Å²) in [7, 11) is 0. The van der Waals surface area contributed by atoms with Crippen molar-refractivity contribution in [3.8, 4) is 0 Å². The molecule has 0 aromatic carbocycles. The van der Waals surface area contributed by atoms with Crippen molar-refractivity contribution in [2.75, 3.05) is 19.8 Å². The number of aliphatic hydroxyl groups excluding tert-OH is 1. The summed E-state index contributed by atoms with van der Waals surface area (Å²) in [5, 5.41) is 17.3. The first kappa shape index (κ1) is 14.0. The first-order chi connectivity index (χ1) is 9.71. The SMILES string of the molecule is O=C(NC[C@H]1CCC2(CCOCC2)[C@H]1O)c1ccsc1. The van der Waals surface area contributed by atoms with Gasteiger partial charge in [-0.3, -0.25) is 4.79 Å². The first-order valence-corrected chi connectivity index (χ1v) is 8.22. The predicted octanol–water partition coefficient (Wildman–Crippen LogP) is 2.05. The molecule has 0 radical (unpaired) electrons. The number of carbonyl (C=O) groups is 1. The summed E-state index contributed by atoms with van der Waals surface area (Å²) in [6.07, 6.45) is 3.63. The fraction of sp³-hybridized carbons (Fsp3) is 0.667. The van der Waals surface area contributed by atoms with E-state index < -0.39 is 0 Å². The number of amides is 1. The van der Waals surface area contributed by atoms with Crippen molar-refractivity contribution in [2.24, 2.45) is 11.3 Å². The van der Waals surface area contributed by atoms with E-state index >= 15 is 0 Å². The van der Waals surface area contributed by atoms with E-state index in [4.69, 9.17) is 4.74 Å². The van der Waals surface area contributed by atoms with Gasteiger partial charge in [0.15, 0.2) is 0 Å². The lowest BCUT2D eigenvalue weighted by molar-refractivity contribution is -0.0555. The van der Waals surface area contributed by atoms with E-state index in [-0.39, 0.29) is 23.3 Å². The van der Waals surface area contributed by atoms with Crippen molar-refractivity contribution >= 4 is 17.2 Å². The van der Waals surface area contributed by atoms with E-state index in [0.717, 1.165) is 38.9 Å². The quantitative estimate of drug-likeness (QED) is 0.897. The number of ether oxygens (including phenoxy) is 1. The number of rotatable bonds is 3. The minimum Gasteiger partial charge on any atom is -0.392 e. The summed E-state index contributed by atoms with van der Waals surface area (Å²) in [5.74, 6) is 0.141.